The van der Waals surface area contributed by atoms with E-state index < -0.39 is 0 Å². The summed E-state index contributed by atoms with van der Waals surface area (Å²) < 4.78 is 5.53. The molecule has 2 N–H and O–H groups in total. The normalized spacial score (nSPS) is 12.2. The highest BCUT2D eigenvalue weighted by atomic mass is 16.3. The molecule has 0 aliphatic carbocycles. The van der Waals surface area contributed by atoms with Gasteiger partial charge in [0.2, 0.25) is 0 Å². The van der Waals surface area contributed by atoms with Gasteiger partial charge in [-0.25, -0.2) is 4.98 Å². The summed E-state index contributed by atoms with van der Waals surface area (Å²) in [4.78, 5) is 4.28. The summed E-state index contributed by atoms with van der Waals surface area (Å²) in [6, 6.07) is 6.06. The van der Waals surface area contributed by atoms with Crippen LogP contribution in [-0.2, 0) is 5.41 Å². The Morgan fingerprint density at radius 3 is 2.88 bits per heavy atom. The molecule has 0 radical (unpaired) electrons. The minimum atomic E-state index is -0.0579. The molecule has 0 saturated carbocycles. The molecule has 0 atom stereocenters. The van der Waals surface area contributed by atoms with Gasteiger partial charge in [-0.1, -0.05) is 19.9 Å². The van der Waals surface area contributed by atoms with Crippen molar-refractivity contribution in [2.75, 3.05) is 13.3 Å². The Morgan fingerprint density at radius 1 is 1.41 bits per heavy atom. The van der Waals surface area contributed by atoms with Gasteiger partial charge >= 0.3 is 0 Å². The van der Waals surface area contributed by atoms with Crippen molar-refractivity contribution in [1.82, 2.24) is 10.3 Å². The van der Waals surface area contributed by atoms with Crippen molar-refractivity contribution in [3.8, 4) is 0 Å². The smallest absolute Gasteiger partial charge is 0.192 e. The molecule has 2 rings (SSSR count). The second-order valence-electron chi connectivity index (χ2n) is 4.88. The van der Waals surface area contributed by atoms with Crippen molar-refractivity contribution in [1.29, 1.82) is 0 Å². The molecule has 0 amide bonds. The van der Waals surface area contributed by atoms with Gasteiger partial charge in [0, 0.05) is 18.9 Å². The lowest BCUT2D eigenvalue weighted by Crippen LogP contribution is -2.33. The number of nitrogens with zero attached hydrogens (tertiary/aromatic N) is 1. The van der Waals surface area contributed by atoms with Gasteiger partial charge in [0.15, 0.2) is 11.5 Å². The molecule has 2 aromatic rings. The van der Waals surface area contributed by atoms with E-state index in [9.17, 15) is 0 Å². The SMILES string of the molecule is Cc1nc2ccc(C(C)(C)CNCO)cc2o1. The van der Waals surface area contributed by atoms with Gasteiger partial charge < -0.3 is 9.52 Å². The van der Waals surface area contributed by atoms with Crippen LogP contribution in [0, 0.1) is 6.92 Å². The van der Waals surface area contributed by atoms with E-state index in [4.69, 9.17) is 9.52 Å². The number of aliphatic hydroxyl groups is 1. The fourth-order valence-electron chi connectivity index (χ4n) is 1.93. The third kappa shape index (κ3) is 2.48. The lowest BCUT2D eigenvalue weighted by molar-refractivity contribution is 0.247. The van der Waals surface area contributed by atoms with Gasteiger partial charge in [-0.05, 0) is 17.7 Å². The van der Waals surface area contributed by atoms with Crippen molar-refractivity contribution in [3.63, 3.8) is 0 Å². The number of oxazole rings is 1. The van der Waals surface area contributed by atoms with Crippen LogP contribution < -0.4 is 5.32 Å². The zero-order valence-electron chi connectivity index (χ0n) is 10.4. The van der Waals surface area contributed by atoms with E-state index in [0.29, 0.717) is 12.4 Å². The van der Waals surface area contributed by atoms with Crippen LogP contribution in [0.25, 0.3) is 11.1 Å². The number of rotatable bonds is 4. The Morgan fingerprint density at radius 2 is 2.18 bits per heavy atom. The van der Waals surface area contributed by atoms with Crippen molar-refractivity contribution in [3.05, 3.63) is 29.7 Å². The number of hydrogen-bond acceptors (Lipinski definition) is 4. The highest BCUT2D eigenvalue weighted by molar-refractivity contribution is 5.73. The van der Waals surface area contributed by atoms with Crippen LogP contribution >= 0.6 is 0 Å². The molecule has 0 spiro atoms. The van der Waals surface area contributed by atoms with Crippen LogP contribution in [0.5, 0.6) is 0 Å². The minimum absolute atomic E-state index is 0.00686. The topological polar surface area (TPSA) is 58.3 Å². The molecule has 4 heteroatoms. The zero-order chi connectivity index (χ0) is 12.5. The maximum Gasteiger partial charge on any atom is 0.192 e. The van der Waals surface area contributed by atoms with E-state index in [1.54, 1.807) is 0 Å². The van der Waals surface area contributed by atoms with E-state index in [1.807, 2.05) is 19.1 Å². The van der Waals surface area contributed by atoms with Crippen molar-refractivity contribution < 1.29 is 9.52 Å². The van der Waals surface area contributed by atoms with Crippen LogP contribution in [0.2, 0.25) is 0 Å². The molecule has 0 bridgehead atoms. The number of benzene rings is 1. The first-order chi connectivity index (χ1) is 8.03. The fourth-order valence-corrected chi connectivity index (χ4v) is 1.93. The van der Waals surface area contributed by atoms with E-state index in [0.717, 1.165) is 11.1 Å². The Balaban J connectivity index is 2.34. The molecule has 1 aromatic carbocycles. The first-order valence-electron chi connectivity index (χ1n) is 5.72. The molecular weight excluding hydrogens is 216 g/mol. The number of hydrogen-bond donors (Lipinski definition) is 2. The van der Waals surface area contributed by atoms with Crippen LogP contribution in [-0.4, -0.2) is 23.4 Å². The summed E-state index contributed by atoms with van der Waals surface area (Å²) in [5.74, 6) is 0.684. The number of aromatic nitrogens is 1. The highest BCUT2D eigenvalue weighted by Gasteiger charge is 2.21. The number of aryl methyl sites for hydroxylation is 1. The van der Waals surface area contributed by atoms with Crippen molar-refractivity contribution >= 4 is 11.1 Å². The molecule has 0 aliphatic rings. The van der Waals surface area contributed by atoms with Gasteiger partial charge in [-0.2, -0.15) is 0 Å². The number of nitrogens with one attached hydrogen (secondary N) is 1. The Kier molecular flexibility index (Phi) is 3.17. The predicted octanol–water partition coefficient (Wildman–Crippen LogP) is 1.95. The van der Waals surface area contributed by atoms with Gasteiger partial charge in [0.25, 0.3) is 0 Å². The molecule has 0 fully saturated rings. The first-order valence-corrected chi connectivity index (χ1v) is 5.72. The highest BCUT2D eigenvalue weighted by Crippen LogP contribution is 2.26. The quantitative estimate of drug-likeness (QED) is 0.794. The molecule has 1 aromatic heterocycles. The van der Waals surface area contributed by atoms with Gasteiger partial charge in [-0.15, -0.1) is 0 Å². The van der Waals surface area contributed by atoms with Crippen LogP contribution in [0.15, 0.2) is 22.6 Å². The van der Waals surface area contributed by atoms with Crippen LogP contribution in [0.3, 0.4) is 0 Å². The lowest BCUT2D eigenvalue weighted by Gasteiger charge is -2.25. The standard InChI is InChI=1S/C13H18N2O2/c1-9-15-11-5-4-10(6-12(11)17-9)13(2,3)7-14-8-16/h4-6,14,16H,7-8H2,1-3H3. The maximum absolute atomic E-state index is 8.81. The average molecular weight is 234 g/mol. The summed E-state index contributed by atoms with van der Waals surface area (Å²) in [6.45, 7) is 6.80. The average Bonchev–Trinajstić information content (AvgIpc) is 2.65. The van der Waals surface area contributed by atoms with E-state index in [-0.39, 0.29) is 12.1 Å². The fraction of sp³-hybridized carbons (Fsp3) is 0.462. The van der Waals surface area contributed by atoms with Crippen LogP contribution in [0.1, 0.15) is 25.3 Å². The zero-order valence-corrected chi connectivity index (χ0v) is 10.4. The van der Waals surface area contributed by atoms with Crippen molar-refractivity contribution in [2.45, 2.75) is 26.2 Å². The summed E-state index contributed by atoms with van der Waals surface area (Å²) in [5.41, 5.74) is 2.81. The van der Waals surface area contributed by atoms with Gasteiger partial charge in [-0.3, -0.25) is 5.32 Å². The molecule has 0 saturated heterocycles. The van der Waals surface area contributed by atoms with E-state index in [2.05, 4.69) is 30.2 Å². The third-order valence-corrected chi connectivity index (χ3v) is 2.96. The molecule has 0 aliphatic heterocycles. The number of fused-ring (bicyclic) bond motifs is 1. The minimum Gasteiger partial charge on any atom is -0.441 e. The first kappa shape index (κ1) is 12.1. The maximum atomic E-state index is 8.81. The largest absolute Gasteiger partial charge is 0.441 e. The van der Waals surface area contributed by atoms with E-state index in [1.165, 1.54) is 5.56 Å². The predicted molar refractivity (Wildman–Crippen MR) is 66.9 cm³/mol. The molecule has 92 valence electrons. The lowest BCUT2D eigenvalue weighted by atomic mass is 9.84. The Labute approximate surface area is 101 Å². The Bertz CT molecular complexity index is 517. The second kappa shape index (κ2) is 4.47. The molecular formula is C13H18N2O2. The van der Waals surface area contributed by atoms with Gasteiger partial charge in [0.1, 0.15) is 5.52 Å². The Hall–Kier alpha value is -1.39. The van der Waals surface area contributed by atoms with Crippen molar-refractivity contribution in [2.24, 2.45) is 0 Å². The molecule has 0 unspecified atom stereocenters. The molecule has 4 nitrogen and oxygen atoms in total. The second-order valence-corrected chi connectivity index (χ2v) is 4.88. The van der Waals surface area contributed by atoms with Crippen LogP contribution in [0.4, 0.5) is 0 Å². The summed E-state index contributed by atoms with van der Waals surface area (Å²) in [7, 11) is 0. The summed E-state index contributed by atoms with van der Waals surface area (Å²) in [5, 5.41) is 11.8. The third-order valence-electron chi connectivity index (χ3n) is 2.96. The summed E-state index contributed by atoms with van der Waals surface area (Å²) >= 11 is 0. The molecule has 1 heterocycles. The number of aliphatic hydroxyl groups excluding tert-OH is 1. The van der Waals surface area contributed by atoms with E-state index >= 15 is 0 Å². The summed E-state index contributed by atoms with van der Waals surface area (Å²) in [6.07, 6.45) is 0. The molecule has 17 heavy (non-hydrogen) atoms. The van der Waals surface area contributed by atoms with Gasteiger partial charge in [0.05, 0.1) is 6.73 Å². The monoisotopic (exact) mass is 234 g/mol.